The Kier molecular flexibility index (Phi) is 6.28. The van der Waals surface area contributed by atoms with Crippen molar-refractivity contribution in [3.63, 3.8) is 0 Å². The van der Waals surface area contributed by atoms with Crippen LogP contribution in [-0.4, -0.2) is 22.9 Å². The first-order chi connectivity index (χ1) is 14.2. The number of anilines is 2. The summed E-state index contributed by atoms with van der Waals surface area (Å²) in [6.45, 7) is 2.98. The van der Waals surface area contributed by atoms with Gasteiger partial charge in [-0.3, -0.25) is 9.59 Å². The Morgan fingerprint density at radius 2 is 1.73 bits per heavy atom. The zero-order chi connectivity index (χ0) is 22.0. The first kappa shape index (κ1) is 21.6. The molecule has 1 amide bonds. The molecule has 1 atom stereocenters. The maximum atomic E-state index is 14.7. The van der Waals surface area contributed by atoms with Gasteiger partial charge in [-0.2, -0.15) is 0 Å². The third-order valence-corrected chi connectivity index (χ3v) is 5.49. The van der Waals surface area contributed by atoms with Gasteiger partial charge in [0.05, 0.1) is 17.2 Å². The van der Waals surface area contributed by atoms with E-state index in [2.05, 4.69) is 5.32 Å². The number of benzene rings is 2. The number of hydrogen-bond acceptors (Lipinski definition) is 5. The van der Waals surface area contributed by atoms with E-state index >= 15 is 0 Å². The third kappa shape index (κ3) is 4.72. The number of rotatable bonds is 7. The van der Waals surface area contributed by atoms with Crippen LogP contribution in [0.3, 0.4) is 0 Å². The fourth-order valence-electron chi connectivity index (χ4n) is 3.03. The third-order valence-electron chi connectivity index (χ3n) is 4.43. The number of aliphatic hydroxyl groups is 1. The molecule has 0 spiro atoms. The minimum atomic E-state index is -0.791. The van der Waals surface area contributed by atoms with Gasteiger partial charge in [0.1, 0.15) is 16.6 Å². The molecule has 1 unspecified atom stereocenters. The lowest BCUT2D eigenvalue weighted by atomic mass is 10.0. The minimum Gasteiger partial charge on any atom is -0.393 e. The number of nitrogens with two attached hydrogens (primary N) is 1. The quantitative estimate of drug-likeness (QED) is 0.475. The molecule has 0 radical (unpaired) electrons. The van der Waals surface area contributed by atoms with E-state index in [1.165, 1.54) is 32.0 Å². The first-order valence-electron chi connectivity index (χ1n) is 9.13. The number of amides is 1. The zero-order valence-electron chi connectivity index (χ0n) is 16.3. The van der Waals surface area contributed by atoms with Crippen molar-refractivity contribution < 1.29 is 23.5 Å². The van der Waals surface area contributed by atoms with E-state index in [-0.39, 0.29) is 28.2 Å². The number of ketones is 1. The average molecular weight is 430 g/mol. The molecular formula is C22H20F2N2O3S. The predicted octanol–water partition coefficient (Wildman–Crippen LogP) is 4.66. The van der Waals surface area contributed by atoms with Gasteiger partial charge in [-0.1, -0.05) is 0 Å². The molecule has 5 nitrogen and oxygen atoms in total. The first-order valence-corrected chi connectivity index (χ1v) is 9.95. The molecule has 1 heterocycles. The highest BCUT2D eigenvalue weighted by Crippen LogP contribution is 2.39. The summed E-state index contributed by atoms with van der Waals surface area (Å²) < 4.78 is 29.3. The van der Waals surface area contributed by atoms with Crippen molar-refractivity contribution in [2.45, 2.75) is 26.4 Å². The minimum absolute atomic E-state index is 0.0808. The lowest BCUT2D eigenvalue weighted by Crippen LogP contribution is -2.11. The number of nitrogens with one attached hydrogen (secondary N) is 1. The number of Topliss-reactive ketones (excluding diaryl/α,β-unsaturated/α-hetero) is 1. The molecule has 30 heavy (non-hydrogen) atoms. The van der Waals surface area contributed by atoms with E-state index in [9.17, 15) is 23.5 Å². The van der Waals surface area contributed by atoms with Gasteiger partial charge in [0.15, 0.2) is 5.78 Å². The highest BCUT2D eigenvalue weighted by molar-refractivity contribution is 7.20. The summed E-state index contributed by atoms with van der Waals surface area (Å²) in [5.41, 5.74) is 6.73. The molecule has 0 fully saturated rings. The molecule has 4 N–H and O–H groups in total. The van der Waals surface area contributed by atoms with E-state index in [1.54, 1.807) is 24.3 Å². The smallest absolute Gasteiger partial charge is 0.251 e. The Morgan fingerprint density at radius 3 is 2.23 bits per heavy atom. The Hall–Kier alpha value is -3.10. The Balaban J connectivity index is 1.98. The average Bonchev–Trinajstić information content (AvgIpc) is 3.04. The predicted molar refractivity (Wildman–Crippen MR) is 113 cm³/mol. The molecule has 0 aliphatic rings. The highest BCUT2D eigenvalue weighted by atomic mass is 32.1. The number of carbonyl (C=O) groups excluding carboxylic acids is 2. The van der Waals surface area contributed by atoms with Gasteiger partial charge in [0.25, 0.3) is 5.91 Å². The summed E-state index contributed by atoms with van der Waals surface area (Å²) >= 11 is 0.986. The molecule has 3 aromatic rings. The summed E-state index contributed by atoms with van der Waals surface area (Å²) in [5.74, 6) is -2.41. The molecule has 0 aliphatic carbocycles. The van der Waals surface area contributed by atoms with Crippen molar-refractivity contribution in [1.82, 2.24) is 0 Å². The van der Waals surface area contributed by atoms with Gasteiger partial charge in [0.2, 0.25) is 0 Å². The molecule has 3 rings (SSSR count). The van der Waals surface area contributed by atoms with Gasteiger partial charge in [0, 0.05) is 16.1 Å². The summed E-state index contributed by atoms with van der Waals surface area (Å²) in [4.78, 5) is 23.5. The van der Waals surface area contributed by atoms with Crippen molar-refractivity contribution in [1.29, 1.82) is 0 Å². The standard InChI is InChI=1S/C22H20F2N2O3S/c1-11(27)7-13-8-17(23)20(18(24)9-13)19-10-16(21(25)29)22(30-19)26-15-5-3-14(4-6-15)12(2)28/h3-6,8-11,26-27H,7H2,1-2H3,(H2,25,29). The molecule has 8 heteroatoms. The van der Waals surface area contributed by atoms with Crippen LogP contribution in [0.15, 0.2) is 42.5 Å². The number of hydrogen-bond donors (Lipinski definition) is 3. The van der Waals surface area contributed by atoms with Crippen LogP contribution in [0.2, 0.25) is 0 Å². The molecule has 0 saturated carbocycles. The fraction of sp³-hybridized carbons (Fsp3) is 0.182. The number of halogens is 2. The summed E-state index contributed by atoms with van der Waals surface area (Å²) in [6.07, 6.45) is -0.614. The van der Waals surface area contributed by atoms with E-state index in [0.717, 1.165) is 11.3 Å². The van der Waals surface area contributed by atoms with Crippen LogP contribution >= 0.6 is 11.3 Å². The van der Waals surface area contributed by atoms with Crippen molar-refractivity contribution in [3.05, 3.63) is 70.8 Å². The highest BCUT2D eigenvalue weighted by Gasteiger charge is 2.21. The van der Waals surface area contributed by atoms with Crippen LogP contribution in [-0.2, 0) is 6.42 Å². The number of thiophene rings is 1. The van der Waals surface area contributed by atoms with Crippen molar-refractivity contribution in [2.75, 3.05) is 5.32 Å². The van der Waals surface area contributed by atoms with Crippen molar-refractivity contribution in [2.24, 2.45) is 5.73 Å². The van der Waals surface area contributed by atoms with Crippen LogP contribution < -0.4 is 11.1 Å². The number of primary amides is 1. The Bertz CT molecular complexity index is 1090. The largest absolute Gasteiger partial charge is 0.393 e. The maximum Gasteiger partial charge on any atom is 0.251 e. The van der Waals surface area contributed by atoms with Crippen LogP contribution in [0, 0.1) is 11.6 Å². The summed E-state index contributed by atoms with van der Waals surface area (Å²) in [5, 5.41) is 12.8. The van der Waals surface area contributed by atoms with Crippen molar-refractivity contribution in [3.8, 4) is 10.4 Å². The van der Waals surface area contributed by atoms with Gasteiger partial charge in [-0.25, -0.2) is 8.78 Å². The molecule has 1 aromatic heterocycles. The SMILES string of the molecule is CC(=O)c1ccc(Nc2sc(-c3c(F)cc(CC(C)O)cc3F)cc2C(N)=O)cc1. The number of aliphatic hydroxyl groups excluding tert-OH is 1. The van der Waals surface area contributed by atoms with Gasteiger partial charge < -0.3 is 16.2 Å². The molecule has 0 saturated heterocycles. The van der Waals surface area contributed by atoms with E-state index in [0.29, 0.717) is 21.8 Å². The molecule has 0 aliphatic heterocycles. The van der Waals surface area contributed by atoms with Gasteiger partial charge in [-0.05, 0) is 68.3 Å². The molecule has 2 aromatic carbocycles. The Labute approximate surface area is 176 Å². The summed E-state index contributed by atoms with van der Waals surface area (Å²) in [7, 11) is 0. The fourth-order valence-corrected chi connectivity index (χ4v) is 4.16. The second-order valence-corrected chi connectivity index (χ2v) is 8.02. The second-order valence-electron chi connectivity index (χ2n) is 6.96. The lowest BCUT2D eigenvalue weighted by Gasteiger charge is -2.08. The van der Waals surface area contributed by atoms with Crippen LogP contribution in [0.1, 0.15) is 40.1 Å². The van der Waals surface area contributed by atoms with E-state index < -0.39 is 23.6 Å². The normalized spacial score (nSPS) is 11.9. The van der Waals surface area contributed by atoms with Crippen LogP contribution in [0.4, 0.5) is 19.5 Å². The lowest BCUT2D eigenvalue weighted by molar-refractivity contribution is 0.0997. The monoisotopic (exact) mass is 430 g/mol. The van der Waals surface area contributed by atoms with Crippen LogP contribution in [0.5, 0.6) is 0 Å². The van der Waals surface area contributed by atoms with Crippen LogP contribution in [0.25, 0.3) is 10.4 Å². The number of carbonyl (C=O) groups is 2. The Morgan fingerprint density at radius 1 is 1.13 bits per heavy atom. The van der Waals surface area contributed by atoms with E-state index in [4.69, 9.17) is 5.73 Å². The van der Waals surface area contributed by atoms with Gasteiger partial charge >= 0.3 is 0 Å². The maximum absolute atomic E-state index is 14.7. The second kappa shape index (κ2) is 8.73. The topological polar surface area (TPSA) is 92.4 Å². The molecule has 156 valence electrons. The van der Waals surface area contributed by atoms with Crippen molar-refractivity contribution >= 4 is 33.7 Å². The van der Waals surface area contributed by atoms with Gasteiger partial charge in [-0.15, -0.1) is 11.3 Å². The summed E-state index contributed by atoms with van der Waals surface area (Å²) in [6, 6.07) is 10.3. The van der Waals surface area contributed by atoms with E-state index in [1.807, 2.05) is 0 Å². The molecule has 0 bridgehead atoms. The zero-order valence-corrected chi connectivity index (χ0v) is 17.1. The molecular weight excluding hydrogens is 410 g/mol.